The first kappa shape index (κ1) is 12.6. The second-order valence-corrected chi connectivity index (χ2v) is 7.05. The van der Waals surface area contributed by atoms with Gasteiger partial charge in [0.2, 0.25) is 10.0 Å². The average molecular weight is 279 g/mol. The number of aromatic nitrogens is 2. The van der Waals surface area contributed by atoms with Crippen molar-refractivity contribution in [3.8, 4) is 0 Å². The van der Waals surface area contributed by atoms with Gasteiger partial charge in [0.15, 0.2) is 0 Å². The third-order valence-electron chi connectivity index (χ3n) is 3.73. The Morgan fingerprint density at radius 1 is 1.37 bits per heavy atom. The average Bonchev–Trinajstić information content (AvgIpc) is 2.86. The summed E-state index contributed by atoms with van der Waals surface area (Å²) in [4.78, 5) is 4.27. The number of pyridine rings is 1. The van der Waals surface area contributed by atoms with E-state index in [-0.39, 0.29) is 5.92 Å². The van der Waals surface area contributed by atoms with Crippen LogP contribution in [0.5, 0.6) is 0 Å². The molecule has 0 radical (unpaired) electrons. The van der Waals surface area contributed by atoms with Crippen LogP contribution in [0.4, 0.5) is 0 Å². The third kappa shape index (κ3) is 2.37. The second kappa shape index (κ2) is 4.61. The van der Waals surface area contributed by atoms with Gasteiger partial charge in [0, 0.05) is 37.1 Å². The fourth-order valence-electron chi connectivity index (χ4n) is 2.79. The van der Waals surface area contributed by atoms with Crippen molar-refractivity contribution in [3.05, 3.63) is 36.3 Å². The molecule has 0 unspecified atom stereocenters. The predicted molar refractivity (Wildman–Crippen MR) is 73.6 cm³/mol. The standard InChI is InChI=1S/C13H17N3O2S/c1-19(17,18)15-8-3-4-11(10-15)12-5-2-6-13-14-7-9-16(12)13/h2,5-7,9,11H,3-4,8,10H2,1H3/t11-/m0/s1. The van der Waals surface area contributed by atoms with E-state index in [1.165, 1.54) is 6.26 Å². The van der Waals surface area contributed by atoms with Gasteiger partial charge in [-0.2, -0.15) is 0 Å². The van der Waals surface area contributed by atoms with Crippen LogP contribution in [0.2, 0.25) is 0 Å². The predicted octanol–water partition coefficient (Wildman–Crippen LogP) is 1.47. The monoisotopic (exact) mass is 279 g/mol. The van der Waals surface area contributed by atoms with Crippen LogP contribution >= 0.6 is 0 Å². The minimum atomic E-state index is -3.10. The van der Waals surface area contributed by atoms with Crippen molar-refractivity contribution < 1.29 is 8.42 Å². The minimum Gasteiger partial charge on any atom is -0.304 e. The first-order valence-electron chi connectivity index (χ1n) is 6.43. The van der Waals surface area contributed by atoms with E-state index in [4.69, 9.17) is 0 Å². The van der Waals surface area contributed by atoms with Gasteiger partial charge in [0.05, 0.1) is 6.26 Å². The molecule has 2 aromatic rings. The van der Waals surface area contributed by atoms with E-state index in [0.29, 0.717) is 13.1 Å². The van der Waals surface area contributed by atoms with Crippen molar-refractivity contribution in [1.82, 2.24) is 13.7 Å². The van der Waals surface area contributed by atoms with E-state index in [1.54, 1.807) is 10.5 Å². The smallest absolute Gasteiger partial charge is 0.211 e. The van der Waals surface area contributed by atoms with Gasteiger partial charge >= 0.3 is 0 Å². The zero-order chi connectivity index (χ0) is 13.5. The number of nitrogens with zero attached hydrogens (tertiary/aromatic N) is 3. The molecule has 1 fully saturated rings. The van der Waals surface area contributed by atoms with Gasteiger partial charge in [0.25, 0.3) is 0 Å². The number of rotatable bonds is 2. The summed E-state index contributed by atoms with van der Waals surface area (Å²) in [5.74, 6) is 0.237. The lowest BCUT2D eigenvalue weighted by Gasteiger charge is -2.31. The number of fused-ring (bicyclic) bond motifs is 1. The van der Waals surface area contributed by atoms with Gasteiger partial charge in [-0.1, -0.05) is 6.07 Å². The van der Waals surface area contributed by atoms with E-state index < -0.39 is 10.0 Å². The van der Waals surface area contributed by atoms with E-state index >= 15 is 0 Å². The Morgan fingerprint density at radius 2 is 2.21 bits per heavy atom. The topological polar surface area (TPSA) is 54.7 Å². The van der Waals surface area contributed by atoms with Gasteiger partial charge in [-0.3, -0.25) is 0 Å². The van der Waals surface area contributed by atoms with Crippen molar-refractivity contribution in [2.24, 2.45) is 0 Å². The number of sulfonamides is 1. The summed E-state index contributed by atoms with van der Waals surface area (Å²) >= 11 is 0. The first-order chi connectivity index (χ1) is 9.05. The lowest BCUT2D eigenvalue weighted by Crippen LogP contribution is -2.38. The SMILES string of the molecule is CS(=O)(=O)N1CCC[C@H](c2cccc3nccn23)C1. The molecule has 0 aliphatic carbocycles. The Labute approximate surface area is 112 Å². The molecule has 19 heavy (non-hydrogen) atoms. The van der Waals surface area contributed by atoms with Crippen molar-refractivity contribution in [1.29, 1.82) is 0 Å². The Hall–Kier alpha value is -1.40. The van der Waals surface area contributed by atoms with Crippen molar-refractivity contribution in [3.63, 3.8) is 0 Å². The second-order valence-electron chi connectivity index (χ2n) is 5.07. The summed E-state index contributed by atoms with van der Waals surface area (Å²) in [6.07, 6.45) is 6.92. The van der Waals surface area contributed by atoms with E-state index in [2.05, 4.69) is 15.5 Å². The number of piperidine rings is 1. The Morgan fingerprint density at radius 3 is 3.00 bits per heavy atom. The lowest BCUT2D eigenvalue weighted by molar-refractivity contribution is 0.313. The lowest BCUT2D eigenvalue weighted by atomic mass is 9.95. The van der Waals surface area contributed by atoms with Crippen LogP contribution in [0, 0.1) is 0 Å². The highest BCUT2D eigenvalue weighted by Crippen LogP contribution is 2.28. The fraction of sp³-hybridized carbons (Fsp3) is 0.462. The largest absolute Gasteiger partial charge is 0.304 e. The molecule has 0 spiro atoms. The highest BCUT2D eigenvalue weighted by atomic mass is 32.2. The van der Waals surface area contributed by atoms with Gasteiger partial charge in [0.1, 0.15) is 5.65 Å². The molecule has 2 aromatic heterocycles. The molecular weight excluding hydrogens is 262 g/mol. The van der Waals surface area contributed by atoms with E-state index in [1.807, 2.05) is 18.3 Å². The molecule has 1 aliphatic heterocycles. The normalized spacial score (nSPS) is 21.8. The van der Waals surface area contributed by atoms with Crippen LogP contribution in [0.15, 0.2) is 30.6 Å². The maximum Gasteiger partial charge on any atom is 0.211 e. The highest BCUT2D eigenvalue weighted by Gasteiger charge is 2.27. The summed E-state index contributed by atoms with van der Waals surface area (Å²) in [6, 6.07) is 6.00. The zero-order valence-corrected chi connectivity index (χ0v) is 11.7. The van der Waals surface area contributed by atoms with Crippen molar-refractivity contribution >= 4 is 15.7 Å². The minimum absolute atomic E-state index is 0.237. The molecular formula is C13H17N3O2S. The molecule has 0 aromatic carbocycles. The molecule has 3 heterocycles. The number of hydrogen-bond acceptors (Lipinski definition) is 3. The maximum atomic E-state index is 11.7. The number of imidazole rings is 1. The Kier molecular flexibility index (Phi) is 3.06. The molecule has 3 rings (SSSR count). The van der Waals surface area contributed by atoms with Gasteiger partial charge < -0.3 is 4.40 Å². The summed E-state index contributed by atoms with van der Waals surface area (Å²) in [6.45, 7) is 1.20. The van der Waals surface area contributed by atoms with Crippen LogP contribution in [0.1, 0.15) is 24.5 Å². The molecule has 1 atom stereocenters. The van der Waals surface area contributed by atoms with Crippen molar-refractivity contribution in [2.75, 3.05) is 19.3 Å². The molecule has 0 N–H and O–H groups in total. The first-order valence-corrected chi connectivity index (χ1v) is 8.27. The summed E-state index contributed by atoms with van der Waals surface area (Å²) in [5.41, 5.74) is 2.05. The summed E-state index contributed by atoms with van der Waals surface area (Å²) in [5, 5.41) is 0. The quantitative estimate of drug-likeness (QED) is 0.836. The van der Waals surface area contributed by atoms with Crippen LogP contribution < -0.4 is 0 Å². The van der Waals surface area contributed by atoms with Gasteiger partial charge in [-0.05, 0) is 25.0 Å². The fourth-order valence-corrected chi connectivity index (χ4v) is 3.70. The molecule has 5 nitrogen and oxygen atoms in total. The molecule has 1 aliphatic rings. The van der Waals surface area contributed by atoms with Gasteiger partial charge in [-0.15, -0.1) is 0 Å². The molecule has 6 heteroatoms. The Bertz CT molecular complexity index is 693. The highest BCUT2D eigenvalue weighted by molar-refractivity contribution is 7.88. The molecule has 0 bridgehead atoms. The van der Waals surface area contributed by atoms with Crippen molar-refractivity contribution in [2.45, 2.75) is 18.8 Å². The zero-order valence-electron chi connectivity index (χ0n) is 10.9. The van der Waals surface area contributed by atoms with Crippen LogP contribution in [0.25, 0.3) is 5.65 Å². The van der Waals surface area contributed by atoms with E-state index in [9.17, 15) is 8.42 Å². The molecule has 1 saturated heterocycles. The molecule has 102 valence electrons. The summed E-state index contributed by atoms with van der Waals surface area (Å²) < 4.78 is 27.0. The van der Waals surface area contributed by atoms with Crippen LogP contribution in [-0.4, -0.2) is 41.5 Å². The van der Waals surface area contributed by atoms with Crippen LogP contribution in [0.3, 0.4) is 0 Å². The molecule has 0 saturated carbocycles. The Balaban J connectivity index is 1.96. The van der Waals surface area contributed by atoms with E-state index in [0.717, 1.165) is 24.2 Å². The van der Waals surface area contributed by atoms with Gasteiger partial charge in [-0.25, -0.2) is 17.7 Å². The molecule has 0 amide bonds. The third-order valence-corrected chi connectivity index (χ3v) is 5.00. The van der Waals surface area contributed by atoms with Crippen LogP contribution in [-0.2, 0) is 10.0 Å². The maximum absolute atomic E-state index is 11.7. The number of hydrogen-bond donors (Lipinski definition) is 0. The summed E-state index contributed by atoms with van der Waals surface area (Å²) in [7, 11) is -3.10.